The third-order valence-electron chi connectivity index (χ3n) is 4.23. The molecule has 19 heavy (non-hydrogen) atoms. The molecule has 1 aromatic rings. The molecule has 0 spiro atoms. The third kappa shape index (κ3) is 2.00. The lowest BCUT2D eigenvalue weighted by Crippen LogP contribution is -2.13. The Morgan fingerprint density at radius 3 is 2.37 bits per heavy atom. The molecule has 3 heteroatoms. The van der Waals surface area contributed by atoms with Gasteiger partial charge in [0.15, 0.2) is 0 Å². The minimum Gasteiger partial charge on any atom is -0.490 e. The smallest absolute Gasteiger partial charge is 0.127 e. The summed E-state index contributed by atoms with van der Waals surface area (Å²) in [6, 6.07) is 0. The number of nitrogens with one attached hydrogen (secondary N) is 1. The van der Waals surface area contributed by atoms with Gasteiger partial charge in [-0.3, -0.25) is 0 Å². The summed E-state index contributed by atoms with van der Waals surface area (Å²) in [5.41, 5.74) is 5.42. The van der Waals surface area contributed by atoms with Crippen LogP contribution >= 0.6 is 0 Å². The first-order chi connectivity index (χ1) is 9.11. The molecule has 2 heterocycles. The summed E-state index contributed by atoms with van der Waals surface area (Å²) in [5.74, 6) is 2.28. The van der Waals surface area contributed by atoms with Crippen molar-refractivity contribution in [3.63, 3.8) is 0 Å². The molecule has 0 aliphatic carbocycles. The third-order valence-corrected chi connectivity index (χ3v) is 4.23. The fourth-order valence-corrected chi connectivity index (χ4v) is 3.33. The predicted molar refractivity (Wildman–Crippen MR) is 76.4 cm³/mol. The maximum atomic E-state index is 6.09. The standard InChI is InChI=1S/C16H23NO2/c1-9-7-13-11(3)15-14(8-10(2)18-15)12(5-6-17-4)16(13)19-9/h9-10,17H,5-8H2,1-4H3. The minimum atomic E-state index is 0.294. The van der Waals surface area contributed by atoms with Crippen LogP contribution in [0.4, 0.5) is 0 Å². The van der Waals surface area contributed by atoms with Crippen LogP contribution in [0.5, 0.6) is 11.5 Å². The number of likely N-dealkylation sites (N-methyl/N-ethyl adjacent to an activating group) is 1. The largest absolute Gasteiger partial charge is 0.490 e. The van der Waals surface area contributed by atoms with Crippen molar-refractivity contribution in [3.05, 3.63) is 22.3 Å². The SMILES string of the molecule is CNCCc1c2c(c(C)c3c1OC(C)C3)OC(C)C2. The van der Waals surface area contributed by atoms with Gasteiger partial charge in [0.1, 0.15) is 23.7 Å². The van der Waals surface area contributed by atoms with Gasteiger partial charge < -0.3 is 14.8 Å². The van der Waals surface area contributed by atoms with Crippen LogP contribution in [0.15, 0.2) is 0 Å². The second-order valence-electron chi connectivity index (χ2n) is 5.84. The first-order valence-corrected chi connectivity index (χ1v) is 7.27. The molecule has 1 N–H and O–H groups in total. The highest BCUT2D eigenvalue weighted by atomic mass is 16.5. The molecule has 0 bridgehead atoms. The Labute approximate surface area is 115 Å². The number of fused-ring (bicyclic) bond motifs is 2. The van der Waals surface area contributed by atoms with E-state index in [4.69, 9.17) is 9.47 Å². The van der Waals surface area contributed by atoms with E-state index in [1.54, 1.807) is 0 Å². The van der Waals surface area contributed by atoms with Crippen molar-refractivity contribution in [1.29, 1.82) is 0 Å². The van der Waals surface area contributed by atoms with Crippen molar-refractivity contribution in [1.82, 2.24) is 5.32 Å². The molecule has 2 unspecified atom stereocenters. The molecule has 0 fully saturated rings. The summed E-state index contributed by atoms with van der Waals surface area (Å²) in [5, 5.41) is 3.24. The molecule has 0 amide bonds. The Kier molecular flexibility index (Phi) is 3.17. The van der Waals surface area contributed by atoms with Crippen molar-refractivity contribution in [2.75, 3.05) is 13.6 Å². The van der Waals surface area contributed by atoms with E-state index >= 15 is 0 Å². The van der Waals surface area contributed by atoms with Gasteiger partial charge in [0, 0.05) is 29.5 Å². The average molecular weight is 261 g/mol. The van der Waals surface area contributed by atoms with Gasteiger partial charge in [-0.1, -0.05) is 0 Å². The van der Waals surface area contributed by atoms with Gasteiger partial charge in [0.05, 0.1) is 0 Å². The number of rotatable bonds is 3. The Balaban J connectivity index is 2.12. The number of hydrogen-bond donors (Lipinski definition) is 1. The quantitative estimate of drug-likeness (QED) is 0.906. The van der Waals surface area contributed by atoms with Gasteiger partial charge in [0.25, 0.3) is 0 Å². The molecule has 0 saturated heterocycles. The number of ether oxygens (including phenoxy) is 2. The van der Waals surface area contributed by atoms with E-state index in [9.17, 15) is 0 Å². The second kappa shape index (κ2) is 4.71. The van der Waals surface area contributed by atoms with Crippen LogP contribution in [-0.4, -0.2) is 25.8 Å². The van der Waals surface area contributed by atoms with E-state index in [2.05, 4.69) is 26.1 Å². The molecule has 2 aliphatic heterocycles. The first kappa shape index (κ1) is 12.8. The highest BCUT2D eigenvalue weighted by molar-refractivity contribution is 5.62. The van der Waals surface area contributed by atoms with E-state index in [1.165, 1.54) is 22.3 Å². The van der Waals surface area contributed by atoms with E-state index in [0.29, 0.717) is 12.2 Å². The number of benzene rings is 1. The topological polar surface area (TPSA) is 30.5 Å². The molecule has 104 valence electrons. The average Bonchev–Trinajstić information content (AvgIpc) is 2.93. The fourth-order valence-electron chi connectivity index (χ4n) is 3.33. The van der Waals surface area contributed by atoms with Crippen LogP contribution in [0.25, 0.3) is 0 Å². The molecular weight excluding hydrogens is 238 g/mol. The van der Waals surface area contributed by atoms with E-state index in [1.807, 2.05) is 7.05 Å². The van der Waals surface area contributed by atoms with Gasteiger partial charge in [0.2, 0.25) is 0 Å². The monoisotopic (exact) mass is 261 g/mol. The summed E-state index contributed by atoms with van der Waals surface area (Å²) in [6.45, 7) is 7.46. The highest BCUT2D eigenvalue weighted by Crippen LogP contribution is 2.46. The summed E-state index contributed by atoms with van der Waals surface area (Å²) in [6.07, 6.45) is 3.63. The Bertz CT molecular complexity index is 471. The van der Waals surface area contributed by atoms with Gasteiger partial charge >= 0.3 is 0 Å². The molecular formula is C16H23NO2. The van der Waals surface area contributed by atoms with Crippen LogP contribution in [0, 0.1) is 6.92 Å². The van der Waals surface area contributed by atoms with Crippen molar-refractivity contribution in [3.8, 4) is 11.5 Å². The van der Waals surface area contributed by atoms with Crippen molar-refractivity contribution in [2.45, 2.75) is 52.2 Å². The maximum absolute atomic E-state index is 6.09. The zero-order chi connectivity index (χ0) is 13.6. The molecule has 3 nitrogen and oxygen atoms in total. The van der Waals surface area contributed by atoms with Crippen molar-refractivity contribution >= 4 is 0 Å². The first-order valence-electron chi connectivity index (χ1n) is 7.27. The van der Waals surface area contributed by atoms with Gasteiger partial charge in [-0.15, -0.1) is 0 Å². The van der Waals surface area contributed by atoms with E-state index < -0.39 is 0 Å². The summed E-state index contributed by atoms with van der Waals surface area (Å²) >= 11 is 0. The zero-order valence-electron chi connectivity index (χ0n) is 12.3. The molecule has 1 aromatic carbocycles. The lowest BCUT2D eigenvalue weighted by atomic mass is 9.92. The van der Waals surface area contributed by atoms with E-state index in [0.717, 1.165) is 37.3 Å². The van der Waals surface area contributed by atoms with Crippen LogP contribution < -0.4 is 14.8 Å². The maximum Gasteiger partial charge on any atom is 0.127 e. The molecule has 2 atom stereocenters. The summed E-state index contributed by atoms with van der Waals surface area (Å²) in [7, 11) is 2.00. The molecule has 3 rings (SSSR count). The van der Waals surface area contributed by atoms with Gasteiger partial charge in [-0.05, 0) is 46.3 Å². The Hall–Kier alpha value is -1.22. The van der Waals surface area contributed by atoms with Crippen LogP contribution in [0.3, 0.4) is 0 Å². The van der Waals surface area contributed by atoms with Crippen molar-refractivity contribution < 1.29 is 9.47 Å². The Morgan fingerprint density at radius 2 is 1.68 bits per heavy atom. The normalized spacial score (nSPS) is 23.8. The van der Waals surface area contributed by atoms with Crippen LogP contribution in [-0.2, 0) is 19.3 Å². The lowest BCUT2D eigenvalue weighted by Gasteiger charge is -2.15. The van der Waals surface area contributed by atoms with Crippen molar-refractivity contribution in [2.24, 2.45) is 0 Å². The molecule has 2 aliphatic rings. The lowest BCUT2D eigenvalue weighted by molar-refractivity contribution is 0.251. The zero-order valence-corrected chi connectivity index (χ0v) is 12.3. The summed E-state index contributed by atoms with van der Waals surface area (Å²) in [4.78, 5) is 0. The van der Waals surface area contributed by atoms with E-state index in [-0.39, 0.29) is 0 Å². The predicted octanol–water partition coefficient (Wildman–Crippen LogP) is 2.40. The highest BCUT2D eigenvalue weighted by Gasteiger charge is 2.33. The van der Waals surface area contributed by atoms with Gasteiger partial charge in [-0.2, -0.15) is 0 Å². The number of hydrogen-bond acceptors (Lipinski definition) is 3. The summed E-state index contributed by atoms with van der Waals surface area (Å²) < 4.78 is 12.1. The minimum absolute atomic E-state index is 0.294. The second-order valence-corrected chi connectivity index (χ2v) is 5.84. The van der Waals surface area contributed by atoms with Gasteiger partial charge in [-0.25, -0.2) is 0 Å². The van der Waals surface area contributed by atoms with Crippen LogP contribution in [0.1, 0.15) is 36.1 Å². The molecule has 0 saturated carbocycles. The Morgan fingerprint density at radius 1 is 1.05 bits per heavy atom. The fraction of sp³-hybridized carbons (Fsp3) is 0.625. The van der Waals surface area contributed by atoms with Crippen LogP contribution in [0.2, 0.25) is 0 Å². The molecule has 0 aromatic heterocycles. The molecule has 0 radical (unpaired) electrons.